The van der Waals surface area contributed by atoms with Crippen molar-refractivity contribution >= 4 is 26.0 Å². The highest BCUT2D eigenvalue weighted by molar-refractivity contribution is 9.09. The Morgan fingerprint density at radius 1 is 1.27 bits per heavy atom. The van der Waals surface area contributed by atoms with E-state index in [1.54, 1.807) is 13.8 Å². The Kier molecular flexibility index (Phi) is 5.79. The average molecular weight is 300 g/mol. The first-order chi connectivity index (χ1) is 6.61. The zero-order chi connectivity index (χ0) is 12.3. The van der Waals surface area contributed by atoms with Crippen LogP contribution < -0.4 is 4.72 Å². The lowest BCUT2D eigenvalue weighted by Gasteiger charge is -2.31. The van der Waals surface area contributed by atoms with Crippen LogP contribution in [0.3, 0.4) is 0 Å². The highest BCUT2D eigenvalue weighted by Gasteiger charge is 2.29. The monoisotopic (exact) mass is 299 g/mol. The van der Waals surface area contributed by atoms with Gasteiger partial charge < -0.3 is 0 Å². The van der Waals surface area contributed by atoms with Crippen molar-refractivity contribution < 1.29 is 8.42 Å². The van der Waals surface area contributed by atoms with Crippen LogP contribution in [0.1, 0.15) is 41.0 Å². The Balaban J connectivity index is 4.71. The van der Waals surface area contributed by atoms with Crippen molar-refractivity contribution in [3.63, 3.8) is 0 Å². The topological polar surface area (TPSA) is 46.2 Å². The van der Waals surface area contributed by atoms with E-state index in [9.17, 15) is 8.42 Å². The Hall–Kier alpha value is 0.390. The molecule has 0 spiro atoms. The molecule has 1 unspecified atom stereocenters. The first kappa shape index (κ1) is 15.4. The van der Waals surface area contributed by atoms with Gasteiger partial charge >= 0.3 is 0 Å². The minimum atomic E-state index is -3.17. The molecule has 3 nitrogen and oxygen atoms in total. The summed E-state index contributed by atoms with van der Waals surface area (Å²) in [4.78, 5) is 0. The molecular formula is C10H22BrNO2S. The molecule has 92 valence electrons. The number of rotatable bonds is 5. The van der Waals surface area contributed by atoms with E-state index in [0.29, 0.717) is 0 Å². The van der Waals surface area contributed by atoms with Crippen LogP contribution in [-0.4, -0.2) is 25.0 Å². The van der Waals surface area contributed by atoms with Crippen molar-refractivity contribution in [2.75, 3.05) is 5.33 Å². The fraction of sp³-hybridized carbons (Fsp3) is 1.00. The maximum Gasteiger partial charge on any atom is 0.214 e. The van der Waals surface area contributed by atoms with E-state index >= 15 is 0 Å². The Bertz CT molecular complexity index is 280. The summed E-state index contributed by atoms with van der Waals surface area (Å²) in [7, 11) is -3.17. The van der Waals surface area contributed by atoms with Crippen LogP contribution in [0, 0.1) is 5.41 Å². The normalized spacial score (nSPS) is 15.7. The molecule has 0 fully saturated rings. The van der Waals surface area contributed by atoms with Crippen LogP contribution >= 0.6 is 15.9 Å². The van der Waals surface area contributed by atoms with Crippen molar-refractivity contribution in [3.05, 3.63) is 0 Å². The number of halogens is 1. The lowest BCUT2D eigenvalue weighted by molar-refractivity contribution is 0.293. The van der Waals surface area contributed by atoms with Gasteiger partial charge in [0.2, 0.25) is 10.0 Å². The van der Waals surface area contributed by atoms with Crippen molar-refractivity contribution in [1.82, 2.24) is 4.72 Å². The number of nitrogens with one attached hydrogen (secondary N) is 1. The zero-order valence-electron chi connectivity index (χ0n) is 10.2. The van der Waals surface area contributed by atoms with E-state index in [2.05, 4.69) is 20.7 Å². The average Bonchev–Trinajstić information content (AvgIpc) is 2.01. The third kappa shape index (κ3) is 5.31. The van der Waals surface area contributed by atoms with Crippen molar-refractivity contribution in [2.45, 2.75) is 52.3 Å². The standard InChI is InChI=1S/C10H22BrNO2S/c1-8(2)15(13,14)12-9(6-7-11)10(3,4)5/h8-9,12H,6-7H2,1-5H3. The number of hydrogen-bond acceptors (Lipinski definition) is 2. The van der Waals surface area contributed by atoms with Gasteiger partial charge in [-0.3, -0.25) is 0 Å². The lowest BCUT2D eigenvalue weighted by atomic mass is 9.86. The minimum absolute atomic E-state index is 0.0238. The Morgan fingerprint density at radius 3 is 2.00 bits per heavy atom. The molecule has 0 heterocycles. The third-order valence-corrected chi connectivity index (χ3v) is 4.68. The predicted molar refractivity (Wildman–Crippen MR) is 68.8 cm³/mol. The van der Waals surface area contributed by atoms with Gasteiger partial charge in [-0.15, -0.1) is 0 Å². The van der Waals surface area contributed by atoms with Gasteiger partial charge in [0.1, 0.15) is 0 Å². The van der Waals surface area contributed by atoms with E-state index in [1.807, 2.05) is 20.8 Å². The summed E-state index contributed by atoms with van der Waals surface area (Å²) in [6.45, 7) is 9.52. The van der Waals surface area contributed by atoms with Gasteiger partial charge in [0.05, 0.1) is 5.25 Å². The van der Waals surface area contributed by atoms with Crippen molar-refractivity contribution in [1.29, 1.82) is 0 Å². The fourth-order valence-corrected chi connectivity index (χ4v) is 2.71. The quantitative estimate of drug-likeness (QED) is 0.793. The molecule has 0 aliphatic rings. The van der Waals surface area contributed by atoms with E-state index in [-0.39, 0.29) is 16.7 Å². The molecule has 0 radical (unpaired) electrons. The molecule has 1 N–H and O–H groups in total. The first-order valence-corrected chi connectivity index (χ1v) is 7.85. The second kappa shape index (κ2) is 5.64. The Morgan fingerprint density at radius 2 is 1.73 bits per heavy atom. The van der Waals surface area contributed by atoms with Crippen LogP contribution in [0.4, 0.5) is 0 Å². The van der Waals surface area contributed by atoms with Crippen LogP contribution in [0.2, 0.25) is 0 Å². The van der Waals surface area contributed by atoms with Crippen LogP contribution in [-0.2, 0) is 10.0 Å². The largest absolute Gasteiger partial charge is 0.214 e. The van der Waals surface area contributed by atoms with E-state index in [1.165, 1.54) is 0 Å². The summed E-state index contributed by atoms with van der Waals surface area (Å²) in [5.41, 5.74) is -0.0598. The van der Waals surface area contributed by atoms with Crippen LogP contribution in [0.15, 0.2) is 0 Å². The van der Waals surface area contributed by atoms with Gasteiger partial charge in [-0.25, -0.2) is 13.1 Å². The molecule has 0 aliphatic carbocycles. The summed E-state index contributed by atoms with van der Waals surface area (Å²) in [6, 6.07) is -0.0238. The lowest BCUT2D eigenvalue weighted by Crippen LogP contribution is -2.46. The molecule has 0 aromatic carbocycles. The molecule has 0 saturated heterocycles. The predicted octanol–water partition coefficient (Wildman–Crippen LogP) is 2.51. The molecule has 0 aromatic heterocycles. The molecule has 0 amide bonds. The number of alkyl halides is 1. The SMILES string of the molecule is CC(C)S(=O)(=O)NC(CCBr)C(C)(C)C. The summed E-state index contributed by atoms with van der Waals surface area (Å²) in [5, 5.41) is 0.424. The van der Waals surface area contributed by atoms with Crippen molar-refractivity contribution in [3.8, 4) is 0 Å². The molecule has 0 bridgehead atoms. The molecule has 0 rings (SSSR count). The summed E-state index contributed by atoms with van der Waals surface area (Å²) >= 11 is 3.35. The number of hydrogen-bond donors (Lipinski definition) is 1. The van der Waals surface area contributed by atoms with E-state index in [0.717, 1.165) is 11.8 Å². The minimum Gasteiger partial charge on any atom is -0.212 e. The fourth-order valence-electron chi connectivity index (χ4n) is 1.11. The van der Waals surface area contributed by atoms with Crippen LogP contribution in [0.25, 0.3) is 0 Å². The Labute approximate surface area is 102 Å². The van der Waals surface area contributed by atoms with Crippen LogP contribution in [0.5, 0.6) is 0 Å². The molecule has 1 atom stereocenters. The molecular weight excluding hydrogens is 278 g/mol. The van der Waals surface area contributed by atoms with Gasteiger partial charge in [0.15, 0.2) is 0 Å². The molecule has 0 aromatic rings. The maximum atomic E-state index is 11.7. The van der Waals surface area contributed by atoms with Gasteiger partial charge in [-0.1, -0.05) is 36.7 Å². The summed E-state index contributed by atoms with van der Waals surface area (Å²) < 4.78 is 26.2. The second-order valence-electron chi connectivity index (χ2n) is 5.11. The maximum absolute atomic E-state index is 11.7. The summed E-state index contributed by atoms with van der Waals surface area (Å²) in [6.07, 6.45) is 0.801. The van der Waals surface area contributed by atoms with Gasteiger partial charge in [-0.2, -0.15) is 0 Å². The smallest absolute Gasteiger partial charge is 0.212 e. The van der Waals surface area contributed by atoms with E-state index in [4.69, 9.17) is 0 Å². The third-order valence-electron chi connectivity index (χ3n) is 2.37. The second-order valence-corrected chi connectivity index (χ2v) is 8.17. The molecule has 0 aliphatic heterocycles. The first-order valence-electron chi connectivity index (χ1n) is 5.18. The highest BCUT2D eigenvalue weighted by Crippen LogP contribution is 2.23. The van der Waals surface area contributed by atoms with Gasteiger partial charge in [0, 0.05) is 11.4 Å². The van der Waals surface area contributed by atoms with Crippen molar-refractivity contribution in [2.24, 2.45) is 5.41 Å². The van der Waals surface area contributed by atoms with Gasteiger partial charge in [-0.05, 0) is 25.7 Å². The molecule has 0 saturated carbocycles. The molecule has 5 heteroatoms. The summed E-state index contributed by atoms with van der Waals surface area (Å²) in [5.74, 6) is 0. The van der Waals surface area contributed by atoms with Gasteiger partial charge in [0.25, 0.3) is 0 Å². The number of sulfonamides is 1. The highest BCUT2D eigenvalue weighted by atomic mass is 79.9. The molecule has 15 heavy (non-hydrogen) atoms. The zero-order valence-corrected chi connectivity index (χ0v) is 12.6. The van der Waals surface area contributed by atoms with E-state index < -0.39 is 10.0 Å².